The van der Waals surface area contributed by atoms with Gasteiger partial charge in [0.05, 0.1) is 11.1 Å². The molecule has 1 aliphatic heterocycles. The van der Waals surface area contributed by atoms with Gasteiger partial charge < -0.3 is 10.6 Å². The molecule has 0 radical (unpaired) electrons. The van der Waals surface area contributed by atoms with E-state index in [0.29, 0.717) is 6.42 Å². The van der Waals surface area contributed by atoms with Crippen molar-refractivity contribution in [1.29, 1.82) is 0 Å². The zero-order valence-electron chi connectivity index (χ0n) is 11.9. The molecule has 1 heterocycles. The molecule has 3 nitrogen and oxygen atoms in total. The van der Waals surface area contributed by atoms with Crippen molar-refractivity contribution < 1.29 is 18.0 Å². The predicted octanol–water partition coefficient (Wildman–Crippen LogP) is 2.85. The highest BCUT2D eigenvalue weighted by atomic mass is 19.4. The molecule has 6 heteroatoms. The Kier molecular flexibility index (Phi) is 4.56. The van der Waals surface area contributed by atoms with Crippen molar-refractivity contribution in [1.82, 2.24) is 10.6 Å². The van der Waals surface area contributed by atoms with Crippen LogP contribution in [-0.4, -0.2) is 18.0 Å². The van der Waals surface area contributed by atoms with Crippen LogP contribution in [0.4, 0.5) is 13.2 Å². The number of benzene rings is 1. The standard InChI is InChI=1S/C15H19F3N2O/c1-2-14(8-5-9-20-14)13(21)19-10-11-6-3-4-7-12(11)15(16,17)18/h3-4,6-7,20H,2,5,8-10H2,1H3,(H,19,21). The number of rotatable bonds is 4. The van der Waals surface area contributed by atoms with Crippen molar-refractivity contribution in [3.63, 3.8) is 0 Å². The Morgan fingerprint density at radius 3 is 2.67 bits per heavy atom. The molecule has 0 bridgehead atoms. The highest BCUT2D eigenvalue weighted by molar-refractivity contribution is 5.86. The Morgan fingerprint density at radius 1 is 1.38 bits per heavy atom. The molecule has 2 N–H and O–H groups in total. The minimum atomic E-state index is -4.41. The molecule has 0 aromatic heterocycles. The molecule has 2 rings (SSSR count). The zero-order chi connectivity index (χ0) is 15.5. The Hall–Kier alpha value is -1.56. The third-order valence-electron chi connectivity index (χ3n) is 4.04. The van der Waals surface area contributed by atoms with E-state index >= 15 is 0 Å². The lowest BCUT2D eigenvalue weighted by molar-refractivity contribution is -0.138. The number of halogens is 3. The maximum atomic E-state index is 12.9. The smallest absolute Gasteiger partial charge is 0.350 e. The lowest BCUT2D eigenvalue weighted by Gasteiger charge is -2.27. The molecule has 0 aliphatic carbocycles. The van der Waals surface area contributed by atoms with Crippen LogP contribution >= 0.6 is 0 Å². The van der Waals surface area contributed by atoms with E-state index in [2.05, 4.69) is 10.6 Å². The Labute approximate surface area is 121 Å². The van der Waals surface area contributed by atoms with Gasteiger partial charge in [0.25, 0.3) is 0 Å². The van der Waals surface area contributed by atoms with Crippen molar-refractivity contribution in [2.24, 2.45) is 0 Å². The Bertz CT molecular complexity index is 508. The van der Waals surface area contributed by atoms with Crippen LogP contribution in [0.5, 0.6) is 0 Å². The number of nitrogens with one attached hydrogen (secondary N) is 2. The summed E-state index contributed by atoms with van der Waals surface area (Å²) in [5.41, 5.74) is -1.24. The van der Waals surface area contributed by atoms with Crippen LogP contribution in [0, 0.1) is 0 Å². The van der Waals surface area contributed by atoms with E-state index in [1.54, 1.807) is 6.07 Å². The van der Waals surface area contributed by atoms with E-state index in [1.165, 1.54) is 12.1 Å². The molecule has 1 aromatic rings. The van der Waals surface area contributed by atoms with E-state index in [0.717, 1.165) is 25.5 Å². The average Bonchev–Trinajstić information content (AvgIpc) is 2.94. The van der Waals surface area contributed by atoms with Gasteiger partial charge in [-0.3, -0.25) is 4.79 Å². The van der Waals surface area contributed by atoms with Gasteiger partial charge in [0, 0.05) is 6.54 Å². The third-order valence-corrected chi connectivity index (χ3v) is 4.04. The van der Waals surface area contributed by atoms with Gasteiger partial charge in [-0.05, 0) is 37.4 Å². The molecule has 1 unspecified atom stereocenters. The average molecular weight is 300 g/mol. The summed E-state index contributed by atoms with van der Waals surface area (Å²) in [5.74, 6) is -0.223. The Morgan fingerprint density at radius 2 is 2.10 bits per heavy atom. The predicted molar refractivity (Wildman–Crippen MR) is 73.5 cm³/mol. The number of carbonyl (C=O) groups excluding carboxylic acids is 1. The largest absolute Gasteiger partial charge is 0.416 e. The van der Waals surface area contributed by atoms with E-state index in [-0.39, 0.29) is 18.0 Å². The van der Waals surface area contributed by atoms with Crippen molar-refractivity contribution in [2.75, 3.05) is 6.54 Å². The van der Waals surface area contributed by atoms with Crippen LogP contribution < -0.4 is 10.6 Å². The lowest BCUT2D eigenvalue weighted by atomic mass is 9.93. The van der Waals surface area contributed by atoms with E-state index in [1.807, 2.05) is 6.92 Å². The summed E-state index contributed by atoms with van der Waals surface area (Å²) in [7, 11) is 0. The molecule has 1 amide bonds. The topological polar surface area (TPSA) is 41.1 Å². The van der Waals surface area contributed by atoms with Crippen molar-refractivity contribution in [2.45, 2.75) is 44.4 Å². The summed E-state index contributed by atoms with van der Waals surface area (Å²) < 4.78 is 38.7. The molecule has 116 valence electrons. The normalized spacial score (nSPS) is 22.3. The van der Waals surface area contributed by atoms with Crippen molar-refractivity contribution >= 4 is 5.91 Å². The maximum Gasteiger partial charge on any atom is 0.416 e. The van der Waals surface area contributed by atoms with E-state index < -0.39 is 17.3 Å². The van der Waals surface area contributed by atoms with E-state index in [9.17, 15) is 18.0 Å². The first-order valence-corrected chi connectivity index (χ1v) is 7.07. The SMILES string of the molecule is CCC1(C(=O)NCc2ccccc2C(F)(F)F)CCCN1. The van der Waals surface area contributed by atoms with Gasteiger partial charge in [-0.15, -0.1) is 0 Å². The molecule has 1 saturated heterocycles. The molecular weight excluding hydrogens is 281 g/mol. The molecule has 1 aromatic carbocycles. The van der Waals surface area contributed by atoms with Crippen LogP contribution in [0.2, 0.25) is 0 Å². The van der Waals surface area contributed by atoms with Gasteiger partial charge >= 0.3 is 6.18 Å². The van der Waals surface area contributed by atoms with E-state index in [4.69, 9.17) is 0 Å². The fourth-order valence-corrected chi connectivity index (χ4v) is 2.76. The van der Waals surface area contributed by atoms with Crippen LogP contribution in [0.25, 0.3) is 0 Å². The number of alkyl halides is 3. The second-order valence-electron chi connectivity index (χ2n) is 5.30. The minimum absolute atomic E-state index is 0.0857. The molecule has 21 heavy (non-hydrogen) atoms. The second-order valence-corrected chi connectivity index (χ2v) is 5.30. The molecule has 1 atom stereocenters. The molecule has 1 aliphatic rings. The Balaban J connectivity index is 2.08. The van der Waals surface area contributed by atoms with Crippen molar-refractivity contribution in [3.8, 4) is 0 Å². The summed E-state index contributed by atoms with van der Waals surface area (Å²) in [6.45, 7) is 2.56. The summed E-state index contributed by atoms with van der Waals surface area (Å²) in [6.07, 6.45) is -2.16. The monoisotopic (exact) mass is 300 g/mol. The molecule has 0 spiro atoms. The van der Waals surface area contributed by atoms with Gasteiger partial charge in [-0.1, -0.05) is 25.1 Å². The molecule has 1 fully saturated rings. The number of amides is 1. The first-order valence-electron chi connectivity index (χ1n) is 7.07. The summed E-state index contributed by atoms with van der Waals surface area (Å²) >= 11 is 0. The van der Waals surface area contributed by atoms with Gasteiger partial charge in [-0.2, -0.15) is 13.2 Å². The van der Waals surface area contributed by atoms with Crippen LogP contribution in [0.1, 0.15) is 37.3 Å². The fourth-order valence-electron chi connectivity index (χ4n) is 2.76. The lowest BCUT2D eigenvalue weighted by Crippen LogP contribution is -2.52. The third kappa shape index (κ3) is 3.37. The summed E-state index contributed by atoms with van der Waals surface area (Å²) in [4.78, 5) is 12.3. The maximum absolute atomic E-state index is 12.9. The highest BCUT2D eigenvalue weighted by Crippen LogP contribution is 2.32. The molecule has 0 saturated carbocycles. The highest BCUT2D eigenvalue weighted by Gasteiger charge is 2.39. The van der Waals surface area contributed by atoms with Crippen LogP contribution in [-0.2, 0) is 17.5 Å². The van der Waals surface area contributed by atoms with Gasteiger partial charge in [0.1, 0.15) is 0 Å². The first-order chi connectivity index (χ1) is 9.89. The number of hydrogen-bond acceptors (Lipinski definition) is 2. The molecular formula is C15H19F3N2O. The fraction of sp³-hybridized carbons (Fsp3) is 0.533. The quantitative estimate of drug-likeness (QED) is 0.898. The summed E-state index contributed by atoms with van der Waals surface area (Å²) in [6, 6.07) is 5.31. The second kappa shape index (κ2) is 6.05. The van der Waals surface area contributed by atoms with Crippen molar-refractivity contribution in [3.05, 3.63) is 35.4 Å². The number of hydrogen-bond donors (Lipinski definition) is 2. The first kappa shape index (κ1) is 15.8. The summed E-state index contributed by atoms with van der Waals surface area (Å²) in [5, 5.41) is 5.81. The van der Waals surface area contributed by atoms with Crippen LogP contribution in [0.15, 0.2) is 24.3 Å². The minimum Gasteiger partial charge on any atom is -0.350 e. The van der Waals surface area contributed by atoms with Gasteiger partial charge in [0.15, 0.2) is 0 Å². The van der Waals surface area contributed by atoms with Crippen LogP contribution in [0.3, 0.4) is 0 Å². The number of carbonyl (C=O) groups is 1. The van der Waals surface area contributed by atoms with Gasteiger partial charge in [0.2, 0.25) is 5.91 Å². The zero-order valence-corrected chi connectivity index (χ0v) is 11.9. The van der Waals surface area contributed by atoms with Gasteiger partial charge in [-0.25, -0.2) is 0 Å².